The zero-order chi connectivity index (χ0) is 15.5. The van der Waals surface area contributed by atoms with E-state index in [9.17, 15) is 14.7 Å². The average molecular weight is 290 g/mol. The lowest BCUT2D eigenvalue weighted by Gasteiger charge is -2.30. The monoisotopic (exact) mass is 290 g/mol. The molecule has 0 radical (unpaired) electrons. The Morgan fingerprint density at radius 1 is 1.43 bits per heavy atom. The highest BCUT2D eigenvalue weighted by Gasteiger charge is 2.39. The number of hydrogen-bond acceptors (Lipinski definition) is 3. The Kier molecular flexibility index (Phi) is 4.63. The summed E-state index contributed by atoms with van der Waals surface area (Å²) in [5.41, 5.74) is 0.866. The Bertz CT molecular complexity index is 544. The fourth-order valence-electron chi connectivity index (χ4n) is 2.85. The van der Waals surface area contributed by atoms with Gasteiger partial charge in [0, 0.05) is 29.6 Å². The Morgan fingerprint density at radius 2 is 2.19 bits per heavy atom. The van der Waals surface area contributed by atoms with Gasteiger partial charge in [-0.1, -0.05) is 19.4 Å². The molecule has 2 amide bonds. The smallest absolute Gasteiger partial charge is 0.251 e. The van der Waals surface area contributed by atoms with E-state index < -0.39 is 0 Å². The molecule has 21 heavy (non-hydrogen) atoms. The van der Waals surface area contributed by atoms with Crippen molar-refractivity contribution in [3.63, 3.8) is 0 Å². The van der Waals surface area contributed by atoms with Gasteiger partial charge in [0.25, 0.3) is 5.91 Å². The third-order valence-corrected chi connectivity index (χ3v) is 4.19. The summed E-state index contributed by atoms with van der Waals surface area (Å²) < 4.78 is 0. The first-order chi connectivity index (χ1) is 9.94. The van der Waals surface area contributed by atoms with Gasteiger partial charge in [0.2, 0.25) is 5.91 Å². The van der Waals surface area contributed by atoms with Gasteiger partial charge in [-0.2, -0.15) is 0 Å². The molecule has 1 fully saturated rings. The second-order valence-corrected chi connectivity index (χ2v) is 5.99. The summed E-state index contributed by atoms with van der Waals surface area (Å²) in [5, 5.41) is 15.2. The number of amides is 2. The van der Waals surface area contributed by atoms with Crippen LogP contribution in [0.25, 0.3) is 0 Å². The lowest BCUT2D eigenvalue weighted by atomic mass is 9.85. The Balaban J connectivity index is 2.08. The zero-order valence-corrected chi connectivity index (χ0v) is 12.5. The summed E-state index contributed by atoms with van der Waals surface area (Å²) >= 11 is 0. The van der Waals surface area contributed by atoms with E-state index in [1.54, 1.807) is 24.3 Å². The van der Waals surface area contributed by atoms with Crippen molar-refractivity contribution in [1.29, 1.82) is 0 Å². The second kappa shape index (κ2) is 6.26. The molecule has 3 N–H and O–H groups in total. The average Bonchev–Trinajstić information content (AvgIpc) is 2.80. The van der Waals surface area contributed by atoms with E-state index in [0.717, 1.165) is 19.3 Å². The molecular formula is C16H22N2O3. The molecule has 5 heteroatoms. The number of rotatable bonds is 4. The summed E-state index contributed by atoms with van der Waals surface area (Å²) in [6, 6.07) is 6.83. The van der Waals surface area contributed by atoms with Crippen molar-refractivity contribution in [2.24, 2.45) is 5.41 Å². The first-order valence-electron chi connectivity index (χ1n) is 7.24. The second-order valence-electron chi connectivity index (χ2n) is 5.99. The van der Waals surface area contributed by atoms with Gasteiger partial charge < -0.3 is 15.7 Å². The van der Waals surface area contributed by atoms with Gasteiger partial charge in [0.15, 0.2) is 0 Å². The van der Waals surface area contributed by atoms with Gasteiger partial charge in [-0.25, -0.2) is 0 Å². The van der Waals surface area contributed by atoms with Crippen LogP contribution in [0, 0.1) is 5.41 Å². The number of aliphatic hydroxyl groups is 1. The largest absolute Gasteiger partial charge is 0.396 e. The minimum absolute atomic E-state index is 0.0144. The summed E-state index contributed by atoms with van der Waals surface area (Å²) in [4.78, 5) is 23.4. The van der Waals surface area contributed by atoms with Crippen LogP contribution in [-0.2, 0) is 4.79 Å². The highest BCUT2D eigenvalue weighted by molar-refractivity contribution is 5.97. The topological polar surface area (TPSA) is 78.4 Å². The molecule has 0 bridgehead atoms. The Hall–Kier alpha value is -1.88. The van der Waals surface area contributed by atoms with Crippen LogP contribution in [0.2, 0.25) is 0 Å². The molecule has 5 nitrogen and oxygen atoms in total. The van der Waals surface area contributed by atoms with Crippen molar-refractivity contribution < 1.29 is 14.7 Å². The molecule has 1 aliphatic rings. The highest BCUT2D eigenvalue weighted by atomic mass is 16.3. The van der Waals surface area contributed by atoms with Crippen LogP contribution < -0.4 is 10.6 Å². The first-order valence-corrected chi connectivity index (χ1v) is 7.24. The molecule has 2 unspecified atom stereocenters. The molecule has 1 aliphatic carbocycles. The maximum absolute atomic E-state index is 12.3. The molecule has 1 aromatic rings. The summed E-state index contributed by atoms with van der Waals surface area (Å²) in [5.74, 6) is -0.343. The minimum atomic E-state index is -0.245. The Morgan fingerprint density at radius 3 is 2.86 bits per heavy atom. The highest BCUT2D eigenvalue weighted by Crippen LogP contribution is 2.37. The molecule has 0 aromatic heterocycles. The van der Waals surface area contributed by atoms with Crippen LogP contribution in [0.15, 0.2) is 24.3 Å². The van der Waals surface area contributed by atoms with E-state index >= 15 is 0 Å². The van der Waals surface area contributed by atoms with Gasteiger partial charge in [0.05, 0.1) is 6.61 Å². The van der Waals surface area contributed by atoms with Gasteiger partial charge >= 0.3 is 0 Å². The minimum Gasteiger partial charge on any atom is -0.396 e. The van der Waals surface area contributed by atoms with E-state index in [4.69, 9.17) is 0 Å². The van der Waals surface area contributed by atoms with Gasteiger partial charge in [-0.05, 0) is 31.0 Å². The number of anilines is 1. The molecule has 114 valence electrons. The first kappa shape index (κ1) is 15.5. The van der Waals surface area contributed by atoms with E-state index in [1.165, 1.54) is 6.92 Å². The summed E-state index contributed by atoms with van der Waals surface area (Å²) in [7, 11) is 0. The molecule has 0 saturated heterocycles. The molecular weight excluding hydrogens is 268 g/mol. The molecule has 1 aromatic carbocycles. The van der Waals surface area contributed by atoms with Gasteiger partial charge in [-0.15, -0.1) is 0 Å². The van der Waals surface area contributed by atoms with E-state index in [2.05, 4.69) is 10.6 Å². The number of aliphatic hydroxyl groups excluding tert-OH is 1. The van der Waals surface area contributed by atoms with Crippen molar-refractivity contribution in [3.05, 3.63) is 29.8 Å². The third-order valence-electron chi connectivity index (χ3n) is 4.19. The van der Waals surface area contributed by atoms with Crippen molar-refractivity contribution in [2.75, 3.05) is 11.9 Å². The van der Waals surface area contributed by atoms with Crippen LogP contribution in [0.1, 0.15) is 43.5 Å². The van der Waals surface area contributed by atoms with E-state index in [-0.39, 0.29) is 29.9 Å². The van der Waals surface area contributed by atoms with Crippen molar-refractivity contribution >= 4 is 17.5 Å². The maximum atomic E-state index is 12.3. The maximum Gasteiger partial charge on any atom is 0.251 e. The summed E-state index contributed by atoms with van der Waals surface area (Å²) in [6.07, 6.45) is 2.81. The van der Waals surface area contributed by atoms with Crippen molar-refractivity contribution in [3.8, 4) is 0 Å². The fraction of sp³-hybridized carbons (Fsp3) is 0.500. The van der Waals surface area contributed by atoms with E-state index in [1.807, 2.05) is 6.92 Å². The molecule has 2 rings (SSSR count). The lowest BCUT2D eigenvalue weighted by Crippen LogP contribution is -2.44. The number of carbonyl (C=O) groups excluding carboxylic acids is 2. The number of nitrogens with one attached hydrogen (secondary N) is 2. The van der Waals surface area contributed by atoms with Gasteiger partial charge in [-0.3, -0.25) is 9.59 Å². The standard InChI is InChI=1S/C16H22N2O3/c1-11(20)17-13-6-3-5-12(9-13)15(21)18-14-7-4-8-16(14,2)10-19/h3,5-6,9,14,19H,4,7-8,10H2,1-2H3,(H,17,20)(H,18,21). The summed E-state index contributed by atoms with van der Waals surface area (Å²) in [6.45, 7) is 3.50. The lowest BCUT2D eigenvalue weighted by molar-refractivity contribution is -0.114. The third kappa shape index (κ3) is 3.61. The Labute approximate surface area is 124 Å². The van der Waals surface area contributed by atoms with Crippen LogP contribution in [-0.4, -0.2) is 29.6 Å². The molecule has 2 atom stereocenters. The number of benzene rings is 1. The zero-order valence-electron chi connectivity index (χ0n) is 12.5. The van der Waals surface area contributed by atoms with Crippen molar-refractivity contribution in [1.82, 2.24) is 5.32 Å². The van der Waals surface area contributed by atoms with Gasteiger partial charge in [0.1, 0.15) is 0 Å². The fourth-order valence-corrected chi connectivity index (χ4v) is 2.85. The predicted octanol–water partition coefficient (Wildman–Crippen LogP) is 1.93. The molecule has 0 heterocycles. The van der Waals surface area contributed by atoms with Crippen LogP contribution >= 0.6 is 0 Å². The SMILES string of the molecule is CC(=O)Nc1cccc(C(=O)NC2CCCC2(C)CO)c1. The quantitative estimate of drug-likeness (QED) is 0.793. The number of carbonyl (C=O) groups is 2. The molecule has 1 saturated carbocycles. The van der Waals surface area contributed by atoms with Crippen LogP contribution in [0.3, 0.4) is 0 Å². The van der Waals surface area contributed by atoms with Crippen molar-refractivity contribution in [2.45, 2.75) is 39.2 Å². The molecule has 0 aliphatic heterocycles. The van der Waals surface area contributed by atoms with Crippen LogP contribution in [0.4, 0.5) is 5.69 Å². The van der Waals surface area contributed by atoms with E-state index in [0.29, 0.717) is 11.3 Å². The predicted molar refractivity (Wildman–Crippen MR) is 81.0 cm³/mol. The van der Waals surface area contributed by atoms with Crippen LogP contribution in [0.5, 0.6) is 0 Å². The number of hydrogen-bond donors (Lipinski definition) is 3. The molecule has 0 spiro atoms. The normalized spacial score (nSPS) is 24.6.